The molecule has 114 valence electrons. The SMILES string of the molecule is O=c1n(Cc2ccncc2)c2cccnc2n1Cc1cccs1. The van der Waals surface area contributed by atoms with Crippen LogP contribution in [0.2, 0.25) is 0 Å². The molecule has 0 atom stereocenters. The van der Waals surface area contributed by atoms with Crippen LogP contribution in [0.15, 0.2) is 65.2 Å². The summed E-state index contributed by atoms with van der Waals surface area (Å²) in [6.07, 6.45) is 5.20. The number of fused-ring (bicyclic) bond motifs is 1. The van der Waals surface area contributed by atoms with Crippen molar-refractivity contribution in [3.63, 3.8) is 0 Å². The van der Waals surface area contributed by atoms with Gasteiger partial charge in [0, 0.05) is 23.5 Å². The molecule has 0 bridgehead atoms. The lowest BCUT2D eigenvalue weighted by Crippen LogP contribution is -2.25. The van der Waals surface area contributed by atoms with Gasteiger partial charge in [-0.3, -0.25) is 14.1 Å². The Morgan fingerprint density at radius 1 is 0.957 bits per heavy atom. The smallest absolute Gasteiger partial charge is 0.286 e. The number of aromatic nitrogens is 4. The fraction of sp³-hybridized carbons (Fsp3) is 0.118. The van der Waals surface area contributed by atoms with Gasteiger partial charge in [-0.2, -0.15) is 0 Å². The molecule has 0 amide bonds. The maximum Gasteiger partial charge on any atom is 0.330 e. The summed E-state index contributed by atoms with van der Waals surface area (Å²) in [4.78, 5) is 22.5. The first-order chi connectivity index (χ1) is 11.3. The topological polar surface area (TPSA) is 52.7 Å². The van der Waals surface area contributed by atoms with E-state index in [2.05, 4.69) is 9.97 Å². The van der Waals surface area contributed by atoms with Crippen molar-refractivity contribution in [2.24, 2.45) is 0 Å². The molecule has 4 aromatic heterocycles. The largest absolute Gasteiger partial charge is 0.330 e. The third-order valence-electron chi connectivity index (χ3n) is 3.76. The molecule has 23 heavy (non-hydrogen) atoms. The average molecular weight is 322 g/mol. The first-order valence-electron chi connectivity index (χ1n) is 7.28. The van der Waals surface area contributed by atoms with Crippen molar-refractivity contribution >= 4 is 22.5 Å². The predicted molar refractivity (Wildman–Crippen MR) is 90.8 cm³/mol. The number of hydrogen-bond acceptors (Lipinski definition) is 4. The zero-order valence-corrected chi connectivity index (χ0v) is 13.1. The first-order valence-corrected chi connectivity index (χ1v) is 8.16. The van der Waals surface area contributed by atoms with E-state index in [-0.39, 0.29) is 5.69 Å². The third kappa shape index (κ3) is 2.57. The summed E-state index contributed by atoms with van der Waals surface area (Å²) < 4.78 is 3.51. The van der Waals surface area contributed by atoms with Gasteiger partial charge in [0.25, 0.3) is 0 Å². The highest BCUT2D eigenvalue weighted by Crippen LogP contribution is 2.16. The molecule has 0 aliphatic rings. The van der Waals surface area contributed by atoms with Crippen LogP contribution in [0.3, 0.4) is 0 Å². The van der Waals surface area contributed by atoms with Gasteiger partial charge in [0.15, 0.2) is 5.65 Å². The van der Waals surface area contributed by atoms with Crippen molar-refractivity contribution in [1.29, 1.82) is 0 Å². The highest BCUT2D eigenvalue weighted by atomic mass is 32.1. The van der Waals surface area contributed by atoms with Crippen LogP contribution in [-0.4, -0.2) is 19.1 Å². The van der Waals surface area contributed by atoms with Crippen LogP contribution in [0.5, 0.6) is 0 Å². The maximum absolute atomic E-state index is 12.9. The Hall–Kier alpha value is -2.73. The first kappa shape index (κ1) is 13.9. The van der Waals surface area contributed by atoms with E-state index >= 15 is 0 Å². The highest BCUT2D eigenvalue weighted by Gasteiger charge is 2.14. The molecule has 4 aromatic rings. The van der Waals surface area contributed by atoms with Crippen LogP contribution in [0.4, 0.5) is 0 Å². The number of pyridine rings is 2. The standard InChI is InChI=1S/C17H14N4OS/c22-17-20(11-13-5-8-18-9-6-13)15-4-1-7-19-16(15)21(17)12-14-3-2-10-23-14/h1-10H,11-12H2. The summed E-state index contributed by atoms with van der Waals surface area (Å²) in [6, 6.07) is 11.7. The molecule has 0 aliphatic carbocycles. The van der Waals surface area contributed by atoms with Crippen LogP contribution in [0.1, 0.15) is 10.4 Å². The minimum Gasteiger partial charge on any atom is -0.286 e. The molecule has 6 heteroatoms. The van der Waals surface area contributed by atoms with Crippen LogP contribution < -0.4 is 5.69 Å². The summed E-state index contributed by atoms with van der Waals surface area (Å²) in [6.45, 7) is 1.06. The summed E-state index contributed by atoms with van der Waals surface area (Å²) >= 11 is 1.64. The Morgan fingerprint density at radius 3 is 2.61 bits per heavy atom. The number of rotatable bonds is 4. The van der Waals surface area contributed by atoms with Gasteiger partial charge >= 0.3 is 5.69 Å². The van der Waals surface area contributed by atoms with Gasteiger partial charge in [-0.1, -0.05) is 6.07 Å². The lowest BCUT2D eigenvalue weighted by atomic mass is 10.2. The van der Waals surface area contributed by atoms with Gasteiger partial charge < -0.3 is 0 Å². The van der Waals surface area contributed by atoms with Crippen molar-refractivity contribution in [2.75, 3.05) is 0 Å². The van der Waals surface area contributed by atoms with Crippen LogP contribution in [-0.2, 0) is 13.1 Å². The lowest BCUT2D eigenvalue weighted by Gasteiger charge is -2.02. The molecule has 0 N–H and O–H groups in total. The van der Waals surface area contributed by atoms with E-state index < -0.39 is 0 Å². The molecular formula is C17H14N4OS. The summed E-state index contributed by atoms with van der Waals surface area (Å²) in [5, 5.41) is 2.02. The van der Waals surface area contributed by atoms with E-state index in [0.29, 0.717) is 13.1 Å². The minimum atomic E-state index is -0.0380. The molecular weight excluding hydrogens is 308 g/mol. The Bertz CT molecular complexity index is 987. The second-order valence-electron chi connectivity index (χ2n) is 5.24. The Kier molecular flexibility index (Phi) is 3.51. The van der Waals surface area contributed by atoms with E-state index in [9.17, 15) is 4.79 Å². The molecule has 5 nitrogen and oxygen atoms in total. The molecule has 0 aromatic carbocycles. The molecule has 0 unspecified atom stereocenters. The highest BCUT2D eigenvalue weighted by molar-refractivity contribution is 7.09. The fourth-order valence-corrected chi connectivity index (χ4v) is 3.36. The third-order valence-corrected chi connectivity index (χ3v) is 4.62. The molecule has 0 spiro atoms. The van der Waals surface area contributed by atoms with E-state index in [1.165, 1.54) is 0 Å². The molecule has 0 aliphatic heterocycles. The molecule has 4 rings (SSSR count). The Balaban J connectivity index is 1.84. The van der Waals surface area contributed by atoms with Gasteiger partial charge in [-0.25, -0.2) is 9.78 Å². The van der Waals surface area contributed by atoms with E-state index in [1.807, 2.05) is 41.8 Å². The monoisotopic (exact) mass is 322 g/mol. The van der Waals surface area contributed by atoms with Gasteiger partial charge in [-0.15, -0.1) is 11.3 Å². The van der Waals surface area contributed by atoms with E-state index in [1.54, 1.807) is 39.1 Å². The minimum absolute atomic E-state index is 0.0380. The van der Waals surface area contributed by atoms with Crippen molar-refractivity contribution in [1.82, 2.24) is 19.1 Å². The Labute approximate surface area is 136 Å². The zero-order valence-electron chi connectivity index (χ0n) is 12.3. The van der Waals surface area contributed by atoms with Crippen molar-refractivity contribution in [2.45, 2.75) is 13.1 Å². The quantitative estimate of drug-likeness (QED) is 0.580. The molecule has 0 saturated carbocycles. The molecule has 0 radical (unpaired) electrons. The normalized spacial score (nSPS) is 11.1. The summed E-state index contributed by atoms with van der Waals surface area (Å²) in [5.41, 5.74) is 2.58. The second kappa shape index (κ2) is 5.81. The number of nitrogens with zero attached hydrogens (tertiary/aromatic N) is 4. The van der Waals surface area contributed by atoms with E-state index in [4.69, 9.17) is 0 Å². The molecule has 0 fully saturated rings. The van der Waals surface area contributed by atoms with Crippen molar-refractivity contribution < 1.29 is 0 Å². The van der Waals surface area contributed by atoms with Crippen LogP contribution >= 0.6 is 11.3 Å². The van der Waals surface area contributed by atoms with Crippen molar-refractivity contribution in [3.8, 4) is 0 Å². The van der Waals surface area contributed by atoms with Gasteiger partial charge in [0.2, 0.25) is 0 Å². The summed E-state index contributed by atoms with van der Waals surface area (Å²) in [7, 11) is 0. The van der Waals surface area contributed by atoms with Gasteiger partial charge in [0.1, 0.15) is 0 Å². The number of imidazole rings is 1. The predicted octanol–water partition coefficient (Wildman–Crippen LogP) is 2.75. The Morgan fingerprint density at radius 2 is 1.83 bits per heavy atom. The van der Waals surface area contributed by atoms with E-state index in [0.717, 1.165) is 21.6 Å². The molecule has 0 saturated heterocycles. The number of hydrogen-bond donors (Lipinski definition) is 0. The van der Waals surface area contributed by atoms with Crippen LogP contribution in [0, 0.1) is 0 Å². The van der Waals surface area contributed by atoms with Gasteiger partial charge in [-0.05, 0) is 41.3 Å². The van der Waals surface area contributed by atoms with Gasteiger partial charge in [0.05, 0.1) is 18.6 Å². The summed E-state index contributed by atoms with van der Waals surface area (Å²) in [5.74, 6) is 0. The average Bonchev–Trinajstić information content (AvgIpc) is 3.19. The van der Waals surface area contributed by atoms with Crippen molar-refractivity contribution in [3.05, 3.63) is 81.3 Å². The second-order valence-corrected chi connectivity index (χ2v) is 6.27. The van der Waals surface area contributed by atoms with Crippen LogP contribution in [0.25, 0.3) is 11.2 Å². The zero-order chi connectivity index (χ0) is 15.6. The molecule has 4 heterocycles. The fourth-order valence-electron chi connectivity index (χ4n) is 2.67. The lowest BCUT2D eigenvalue weighted by molar-refractivity contribution is 0.702. The maximum atomic E-state index is 12.9. The number of thiophene rings is 1.